The number of aromatic nitrogens is 2. The Labute approximate surface area is 125 Å². The Morgan fingerprint density at radius 3 is 2.59 bits per heavy atom. The Hall–Kier alpha value is -1.99. The zero-order valence-corrected chi connectivity index (χ0v) is 12.2. The van der Waals surface area contributed by atoms with E-state index in [0.29, 0.717) is 31.4 Å². The van der Waals surface area contributed by atoms with Crippen molar-refractivity contribution in [1.29, 1.82) is 0 Å². The maximum absolute atomic E-state index is 13.3. The number of urea groups is 1. The van der Waals surface area contributed by atoms with E-state index in [1.807, 2.05) is 0 Å². The first-order valence-corrected chi connectivity index (χ1v) is 7.30. The van der Waals surface area contributed by atoms with Gasteiger partial charge in [0.05, 0.1) is 11.9 Å². The van der Waals surface area contributed by atoms with Gasteiger partial charge in [0.15, 0.2) is 0 Å². The third-order valence-corrected chi connectivity index (χ3v) is 4.72. The van der Waals surface area contributed by atoms with Crippen LogP contribution in [0.2, 0.25) is 0 Å². The molecule has 0 aliphatic heterocycles. The first-order valence-electron chi connectivity index (χ1n) is 7.30. The van der Waals surface area contributed by atoms with E-state index in [1.54, 1.807) is 0 Å². The number of halogens is 2. The maximum atomic E-state index is 13.3. The van der Waals surface area contributed by atoms with Crippen molar-refractivity contribution in [1.82, 2.24) is 15.1 Å². The summed E-state index contributed by atoms with van der Waals surface area (Å²) in [5.74, 6) is -2.52. The molecule has 2 saturated carbocycles. The Morgan fingerprint density at radius 2 is 2.05 bits per heavy atom. The van der Waals surface area contributed by atoms with E-state index in [1.165, 1.54) is 19.3 Å². The number of nitrogens with one attached hydrogen (secondary N) is 2. The second-order valence-corrected chi connectivity index (χ2v) is 6.24. The second kappa shape index (κ2) is 5.03. The lowest BCUT2D eigenvalue weighted by molar-refractivity contribution is 0.0446. The number of carbonyl (C=O) groups excluding carboxylic acids is 1. The molecule has 2 amide bonds. The molecule has 22 heavy (non-hydrogen) atoms. The van der Waals surface area contributed by atoms with Gasteiger partial charge in [0.2, 0.25) is 0 Å². The second-order valence-electron chi connectivity index (χ2n) is 6.24. The lowest BCUT2D eigenvalue weighted by Gasteiger charge is -2.29. The first-order chi connectivity index (χ1) is 10.3. The molecule has 1 aromatic heterocycles. The predicted octanol–water partition coefficient (Wildman–Crippen LogP) is 1.87. The minimum atomic E-state index is -2.52. The average Bonchev–Trinajstić information content (AvgIpc) is 2.98. The molecule has 0 radical (unpaired) electrons. The molecule has 3 rings (SSSR count). The predicted molar refractivity (Wildman–Crippen MR) is 75.9 cm³/mol. The van der Waals surface area contributed by atoms with E-state index in [0.717, 1.165) is 4.68 Å². The molecule has 0 atom stereocenters. The number of hydrogen-bond acceptors (Lipinski definition) is 3. The van der Waals surface area contributed by atoms with E-state index in [9.17, 15) is 18.4 Å². The monoisotopic (exact) mass is 312 g/mol. The smallest absolute Gasteiger partial charge is 0.319 e. The van der Waals surface area contributed by atoms with Gasteiger partial charge < -0.3 is 10.6 Å². The van der Waals surface area contributed by atoms with Gasteiger partial charge in [-0.3, -0.25) is 4.79 Å². The molecule has 0 bridgehead atoms. The molecule has 1 spiro atoms. The zero-order chi connectivity index (χ0) is 16.0. The molecule has 120 valence electrons. The third-order valence-electron chi connectivity index (χ3n) is 4.72. The van der Waals surface area contributed by atoms with Gasteiger partial charge in [-0.15, -0.1) is 0 Å². The van der Waals surface area contributed by atoms with Gasteiger partial charge in [-0.2, -0.15) is 5.10 Å². The fourth-order valence-electron chi connectivity index (χ4n) is 3.13. The Balaban J connectivity index is 1.51. The molecule has 0 saturated heterocycles. The van der Waals surface area contributed by atoms with Crippen LogP contribution < -0.4 is 16.2 Å². The van der Waals surface area contributed by atoms with Crippen LogP contribution in [0, 0.1) is 5.41 Å². The van der Waals surface area contributed by atoms with Crippen molar-refractivity contribution >= 4 is 11.7 Å². The number of amides is 2. The summed E-state index contributed by atoms with van der Waals surface area (Å²) in [6.45, 7) is 0. The van der Waals surface area contributed by atoms with Crippen LogP contribution in [0.4, 0.5) is 19.3 Å². The number of carbonyl (C=O) groups is 1. The number of rotatable bonds is 2. The molecule has 0 aromatic carbocycles. The number of alkyl halides is 2. The summed E-state index contributed by atoms with van der Waals surface area (Å²) in [5, 5.41) is 9.10. The molecule has 6 nitrogen and oxygen atoms in total. The molecule has 2 fully saturated rings. The van der Waals surface area contributed by atoms with Crippen molar-refractivity contribution in [2.45, 2.75) is 44.1 Å². The summed E-state index contributed by atoms with van der Waals surface area (Å²) in [4.78, 5) is 23.3. The van der Waals surface area contributed by atoms with Crippen LogP contribution in [0.1, 0.15) is 32.1 Å². The molecule has 8 heteroatoms. The summed E-state index contributed by atoms with van der Waals surface area (Å²) >= 11 is 0. The lowest BCUT2D eigenvalue weighted by Crippen LogP contribution is -2.41. The van der Waals surface area contributed by atoms with Crippen LogP contribution in [-0.2, 0) is 7.05 Å². The van der Waals surface area contributed by atoms with Crippen molar-refractivity contribution in [2.24, 2.45) is 12.5 Å². The highest BCUT2D eigenvalue weighted by Gasteiger charge is 2.70. The van der Waals surface area contributed by atoms with Crippen LogP contribution in [0.15, 0.2) is 17.1 Å². The highest BCUT2D eigenvalue weighted by molar-refractivity contribution is 5.89. The largest absolute Gasteiger partial charge is 0.335 e. The van der Waals surface area contributed by atoms with E-state index >= 15 is 0 Å². The van der Waals surface area contributed by atoms with Crippen molar-refractivity contribution in [2.75, 3.05) is 5.32 Å². The number of hydrogen-bond donors (Lipinski definition) is 2. The van der Waals surface area contributed by atoms with Crippen LogP contribution in [0.5, 0.6) is 0 Å². The number of nitrogens with zero attached hydrogens (tertiary/aromatic N) is 2. The lowest BCUT2D eigenvalue weighted by atomic mass is 9.83. The SMILES string of the molecule is Cn1ncc(NC(=O)NC2CCC3(CC2)CC3(F)F)cc1=O. The van der Waals surface area contributed by atoms with Crippen molar-refractivity contribution < 1.29 is 13.6 Å². The highest BCUT2D eigenvalue weighted by atomic mass is 19.3. The Morgan fingerprint density at radius 1 is 1.41 bits per heavy atom. The standard InChI is InChI=1S/C14H18F2N4O2/c1-20-11(21)6-10(7-17-20)19-12(22)18-9-2-4-13(5-3-9)8-14(13,15)16/h6-7,9H,2-5,8H2,1H3,(H2,18,19,22). The van der Waals surface area contributed by atoms with Gasteiger partial charge in [0, 0.05) is 31.0 Å². The number of aryl methyl sites for hydroxylation is 1. The van der Waals surface area contributed by atoms with Gasteiger partial charge in [-0.05, 0) is 25.7 Å². The van der Waals surface area contributed by atoms with Gasteiger partial charge in [0.1, 0.15) is 0 Å². The fourth-order valence-corrected chi connectivity index (χ4v) is 3.13. The van der Waals surface area contributed by atoms with Gasteiger partial charge in [-0.25, -0.2) is 18.3 Å². The minimum Gasteiger partial charge on any atom is -0.335 e. The van der Waals surface area contributed by atoms with Gasteiger partial charge in [0.25, 0.3) is 11.5 Å². The van der Waals surface area contributed by atoms with Crippen molar-refractivity contribution in [3.8, 4) is 0 Å². The summed E-state index contributed by atoms with van der Waals surface area (Å²) in [5.41, 5.74) is -0.827. The summed E-state index contributed by atoms with van der Waals surface area (Å²) in [7, 11) is 1.51. The van der Waals surface area contributed by atoms with E-state index in [4.69, 9.17) is 0 Å². The quantitative estimate of drug-likeness (QED) is 0.875. The van der Waals surface area contributed by atoms with Crippen LogP contribution in [0.25, 0.3) is 0 Å². The maximum Gasteiger partial charge on any atom is 0.319 e. The van der Waals surface area contributed by atoms with Crippen molar-refractivity contribution in [3.63, 3.8) is 0 Å². The normalized spacial score (nSPS) is 29.1. The van der Waals surface area contributed by atoms with Gasteiger partial charge >= 0.3 is 6.03 Å². The van der Waals surface area contributed by atoms with Crippen LogP contribution in [0.3, 0.4) is 0 Å². The fraction of sp³-hybridized carbons (Fsp3) is 0.643. The molecule has 2 N–H and O–H groups in total. The van der Waals surface area contributed by atoms with E-state index < -0.39 is 17.4 Å². The molecule has 1 heterocycles. The Bertz CT molecular complexity index is 650. The topological polar surface area (TPSA) is 76.0 Å². The summed E-state index contributed by atoms with van der Waals surface area (Å²) in [6.07, 6.45) is 3.35. The summed E-state index contributed by atoms with van der Waals surface area (Å²) < 4.78 is 27.7. The third kappa shape index (κ3) is 2.69. The molecule has 2 aliphatic rings. The van der Waals surface area contributed by atoms with E-state index in [2.05, 4.69) is 15.7 Å². The molecular formula is C14H18F2N4O2. The van der Waals surface area contributed by atoms with E-state index in [-0.39, 0.29) is 18.0 Å². The molecular weight excluding hydrogens is 294 g/mol. The summed E-state index contributed by atoms with van der Waals surface area (Å²) in [6, 6.07) is 0.716. The molecule has 0 unspecified atom stereocenters. The highest BCUT2D eigenvalue weighted by Crippen LogP contribution is 2.67. The molecule has 1 aromatic rings. The zero-order valence-electron chi connectivity index (χ0n) is 12.2. The molecule has 2 aliphatic carbocycles. The van der Waals surface area contributed by atoms with Gasteiger partial charge in [-0.1, -0.05) is 0 Å². The van der Waals surface area contributed by atoms with Crippen molar-refractivity contribution in [3.05, 3.63) is 22.6 Å². The minimum absolute atomic E-state index is 0.0160. The first kappa shape index (κ1) is 14.9. The number of anilines is 1. The Kier molecular flexibility index (Phi) is 3.41. The average molecular weight is 312 g/mol. The van der Waals surface area contributed by atoms with Crippen LogP contribution >= 0.6 is 0 Å². The van der Waals surface area contributed by atoms with Crippen LogP contribution in [-0.4, -0.2) is 27.8 Å².